The van der Waals surface area contributed by atoms with Gasteiger partial charge >= 0.3 is 5.97 Å². The Morgan fingerprint density at radius 2 is 0.817 bits per heavy atom. The van der Waals surface area contributed by atoms with E-state index in [-0.39, 0.29) is 26.2 Å². The lowest BCUT2D eigenvalue weighted by Gasteiger charge is -2.28. The molecule has 0 aromatic rings. The molecule has 8 nitrogen and oxygen atoms in total. The van der Waals surface area contributed by atoms with Gasteiger partial charge in [-0.15, -0.1) is 0 Å². The summed E-state index contributed by atoms with van der Waals surface area (Å²) in [6, 6.07) is 0. The highest BCUT2D eigenvalue weighted by atomic mass is 31.2. The summed E-state index contributed by atoms with van der Waals surface area (Å²) in [6.45, 7) is 5.20. The Morgan fingerprint density at radius 1 is 0.451 bits per heavy atom. The quantitative estimate of drug-likeness (QED) is 0.0197. The fraction of sp³-hybridized carbons (Fsp3) is 0.694. The van der Waals surface area contributed by atoms with Crippen LogP contribution in [-0.4, -0.2) is 70.7 Å². The molecule has 0 amide bonds. The van der Waals surface area contributed by atoms with Crippen molar-refractivity contribution in [2.24, 2.45) is 0 Å². The first kappa shape index (κ1) is 68.2. The van der Waals surface area contributed by atoms with Crippen molar-refractivity contribution in [2.75, 3.05) is 54.1 Å². The van der Waals surface area contributed by atoms with Gasteiger partial charge in [0.15, 0.2) is 0 Å². The molecule has 0 N–H and O–H groups in total. The summed E-state index contributed by atoms with van der Waals surface area (Å²) in [6.07, 6.45) is 75.7. The van der Waals surface area contributed by atoms with Gasteiger partial charge < -0.3 is 27.9 Å². The molecule has 0 fully saturated rings. The molecular weight excluding hydrogens is 902 g/mol. The number of rotatable bonds is 52. The Kier molecular flexibility index (Phi) is 51.3. The van der Waals surface area contributed by atoms with Gasteiger partial charge in [0.05, 0.1) is 34.4 Å². The molecule has 0 aliphatic heterocycles. The van der Waals surface area contributed by atoms with Crippen molar-refractivity contribution < 1.29 is 37.3 Å². The van der Waals surface area contributed by atoms with Gasteiger partial charge in [-0.1, -0.05) is 226 Å². The third-order valence-corrected chi connectivity index (χ3v) is 12.8. The number of carbonyl (C=O) groups excluding carboxylic acids is 1. The number of ether oxygens (including phenoxy) is 2. The van der Waals surface area contributed by atoms with E-state index in [4.69, 9.17) is 18.5 Å². The van der Waals surface area contributed by atoms with E-state index in [0.29, 0.717) is 24.1 Å². The third-order valence-electron chi connectivity index (χ3n) is 11.8. The van der Waals surface area contributed by atoms with E-state index in [0.717, 1.165) is 70.6 Å². The molecule has 0 aromatic heterocycles. The number of quaternary nitrogens is 1. The molecule has 408 valence electrons. The summed E-state index contributed by atoms with van der Waals surface area (Å²) >= 11 is 0. The summed E-state index contributed by atoms with van der Waals surface area (Å²) in [5.74, 6) is -0.393. The Balaban J connectivity index is 4.19. The molecule has 0 aromatic carbocycles. The van der Waals surface area contributed by atoms with E-state index in [1.165, 1.54) is 122 Å². The highest BCUT2D eigenvalue weighted by molar-refractivity contribution is 7.45. The Morgan fingerprint density at radius 3 is 1.23 bits per heavy atom. The number of nitrogens with zero attached hydrogens (tertiary/aromatic N) is 1. The van der Waals surface area contributed by atoms with E-state index in [9.17, 15) is 14.3 Å². The first-order chi connectivity index (χ1) is 34.6. The maximum Gasteiger partial charge on any atom is 0.306 e. The molecule has 0 spiro atoms. The largest absolute Gasteiger partial charge is 0.756 e. The Hall–Kier alpha value is -2.84. The predicted octanol–water partition coefficient (Wildman–Crippen LogP) is 17.7. The van der Waals surface area contributed by atoms with E-state index in [1.807, 2.05) is 21.1 Å². The molecule has 71 heavy (non-hydrogen) atoms. The zero-order chi connectivity index (χ0) is 51.9. The zero-order valence-electron chi connectivity index (χ0n) is 46.4. The minimum atomic E-state index is -4.56. The lowest BCUT2D eigenvalue weighted by molar-refractivity contribution is -0.870. The SMILES string of the molecule is CC/C=C\C/C=C\C/C=C\C/C=C\C/C=C\C/C=C\C/C=C\CCCC(=O)OC(COCCCCCCCCCCCCCCCC/C=C\C/C=C\CCCCCCC)COP(=O)([O-])OCC[N+](C)(C)C. The van der Waals surface area contributed by atoms with Crippen molar-refractivity contribution in [2.45, 2.75) is 225 Å². The van der Waals surface area contributed by atoms with Crippen LogP contribution in [0.5, 0.6) is 0 Å². The van der Waals surface area contributed by atoms with Gasteiger partial charge in [-0.25, -0.2) is 0 Å². The van der Waals surface area contributed by atoms with Gasteiger partial charge in [-0.05, 0) is 96.3 Å². The normalized spacial score (nSPS) is 14.3. The van der Waals surface area contributed by atoms with Crippen LogP contribution in [0.2, 0.25) is 0 Å². The van der Waals surface area contributed by atoms with Crippen LogP contribution in [0, 0.1) is 0 Å². The average molecular weight is 1010 g/mol. The number of hydrogen-bond donors (Lipinski definition) is 0. The molecule has 0 saturated carbocycles. The molecule has 0 rings (SSSR count). The number of phosphoric acid groups is 1. The lowest BCUT2D eigenvalue weighted by Crippen LogP contribution is -2.37. The summed E-state index contributed by atoms with van der Waals surface area (Å²) in [7, 11) is 1.31. The van der Waals surface area contributed by atoms with Crippen LogP contribution in [-0.2, 0) is 27.9 Å². The summed E-state index contributed by atoms with van der Waals surface area (Å²) in [5.41, 5.74) is 0. The zero-order valence-corrected chi connectivity index (χ0v) is 47.3. The molecule has 9 heteroatoms. The molecule has 0 radical (unpaired) electrons. The number of unbranched alkanes of at least 4 members (excludes halogenated alkanes) is 20. The fourth-order valence-electron chi connectivity index (χ4n) is 7.45. The minimum absolute atomic E-state index is 0.00958. The number of hydrogen-bond acceptors (Lipinski definition) is 7. The second-order valence-corrected chi connectivity index (χ2v) is 21.3. The van der Waals surface area contributed by atoms with Crippen molar-refractivity contribution in [3.8, 4) is 0 Å². The van der Waals surface area contributed by atoms with Crippen molar-refractivity contribution in [3.05, 3.63) is 109 Å². The molecular formula is C62H108NO7P. The van der Waals surface area contributed by atoms with Crippen molar-refractivity contribution in [1.29, 1.82) is 0 Å². The van der Waals surface area contributed by atoms with Gasteiger partial charge in [-0.3, -0.25) is 9.36 Å². The second-order valence-electron chi connectivity index (χ2n) is 19.9. The highest BCUT2D eigenvalue weighted by Gasteiger charge is 2.20. The van der Waals surface area contributed by atoms with Crippen molar-refractivity contribution in [3.63, 3.8) is 0 Å². The monoisotopic (exact) mass is 1010 g/mol. The molecule has 0 aliphatic carbocycles. The van der Waals surface area contributed by atoms with E-state index < -0.39 is 19.9 Å². The van der Waals surface area contributed by atoms with Crippen LogP contribution in [0.15, 0.2) is 109 Å². The molecule has 0 saturated heterocycles. The summed E-state index contributed by atoms with van der Waals surface area (Å²) in [4.78, 5) is 25.2. The van der Waals surface area contributed by atoms with Crippen LogP contribution in [0.4, 0.5) is 0 Å². The topological polar surface area (TPSA) is 94.1 Å². The maximum atomic E-state index is 12.8. The number of carbonyl (C=O) groups is 1. The number of allylic oxidation sites excluding steroid dienone is 18. The van der Waals surface area contributed by atoms with Gasteiger partial charge in [0.25, 0.3) is 7.82 Å². The van der Waals surface area contributed by atoms with Crippen LogP contribution < -0.4 is 4.89 Å². The van der Waals surface area contributed by atoms with Gasteiger partial charge in [-0.2, -0.15) is 0 Å². The molecule has 0 heterocycles. The van der Waals surface area contributed by atoms with Crippen molar-refractivity contribution in [1.82, 2.24) is 0 Å². The Bertz CT molecular complexity index is 1500. The lowest BCUT2D eigenvalue weighted by atomic mass is 10.0. The highest BCUT2D eigenvalue weighted by Crippen LogP contribution is 2.38. The smallest absolute Gasteiger partial charge is 0.306 e. The Labute approximate surface area is 438 Å². The average Bonchev–Trinajstić information content (AvgIpc) is 3.33. The molecule has 0 bridgehead atoms. The molecule has 2 unspecified atom stereocenters. The first-order valence-corrected chi connectivity index (χ1v) is 30.1. The van der Waals surface area contributed by atoms with Crippen LogP contribution in [0.25, 0.3) is 0 Å². The van der Waals surface area contributed by atoms with E-state index >= 15 is 0 Å². The van der Waals surface area contributed by atoms with E-state index in [2.05, 4.69) is 123 Å². The standard InChI is InChI=1S/C62H108NO7P/c1-6-8-10-12-14-16-18-20-22-24-26-28-30-31-32-34-36-38-40-42-44-46-48-50-52-54-57-67-59-61(60-69-71(65,66)68-58-56-63(3,4)5)70-62(64)55-53-51-49-47-45-43-41-39-37-35-33-29-27-25-23-21-19-17-15-13-11-9-7-2/h9,11,15,17-18,20-21,23-24,26-27,29,35,37,41,43,47,49,61H,6-8,10,12-14,16,19,22,25,28,30-34,36,38-40,42,44-46,48,50-60H2,1-5H3/b11-9-,17-15-,20-18-,23-21-,26-24-,29-27-,37-35-,43-41-,49-47-. The van der Waals surface area contributed by atoms with Crippen molar-refractivity contribution >= 4 is 13.8 Å². The molecule has 0 aliphatic rings. The maximum absolute atomic E-state index is 12.8. The molecule has 2 atom stereocenters. The summed E-state index contributed by atoms with van der Waals surface area (Å²) < 4.78 is 34.8. The third kappa shape index (κ3) is 57.9. The van der Waals surface area contributed by atoms with Crippen LogP contribution in [0.1, 0.15) is 219 Å². The number of likely N-dealkylation sites (N-methyl/N-ethyl adjacent to an activating group) is 1. The van der Waals surface area contributed by atoms with Gasteiger partial charge in [0.2, 0.25) is 0 Å². The van der Waals surface area contributed by atoms with Gasteiger partial charge in [0, 0.05) is 13.0 Å². The number of esters is 1. The second kappa shape index (κ2) is 53.5. The predicted molar refractivity (Wildman–Crippen MR) is 304 cm³/mol. The fourth-order valence-corrected chi connectivity index (χ4v) is 8.18. The van der Waals surface area contributed by atoms with Crippen LogP contribution in [0.3, 0.4) is 0 Å². The number of phosphoric ester groups is 1. The van der Waals surface area contributed by atoms with Crippen LogP contribution >= 0.6 is 7.82 Å². The first-order valence-electron chi connectivity index (χ1n) is 28.6. The van der Waals surface area contributed by atoms with E-state index in [1.54, 1.807) is 0 Å². The minimum Gasteiger partial charge on any atom is -0.756 e. The van der Waals surface area contributed by atoms with Gasteiger partial charge in [0.1, 0.15) is 19.3 Å². The summed E-state index contributed by atoms with van der Waals surface area (Å²) in [5, 5.41) is 0.